The van der Waals surface area contributed by atoms with Crippen LogP contribution < -0.4 is 4.74 Å². The molecule has 15 heavy (non-hydrogen) atoms. The van der Waals surface area contributed by atoms with Gasteiger partial charge in [0.15, 0.2) is 0 Å². The average Bonchev–Trinajstić information content (AvgIpc) is 2.31. The van der Waals surface area contributed by atoms with Crippen LogP contribution in [0.5, 0.6) is 11.6 Å². The topological polar surface area (TPSA) is 22.1 Å². The van der Waals surface area contributed by atoms with Gasteiger partial charge in [-0.2, -0.15) is 0 Å². The Labute approximate surface area is 89.6 Å². The SMILES string of the molecule is [CH2]Cc1cccc(Oc2ccccc2)n1. The highest BCUT2D eigenvalue weighted by Gasteiger charge is 1.98. The average molecular weight is 198 g/mol. The highest BCUT2D eigenvalue weighted by Crippen LogP contribution is 2.18. The van der Waals surface area contributed by atoms with E-state index >= 15 is 0 Å². The molecule has 2 heteroatoms. The van der Waals surface area contributed by atoms with Gasteiger partial charge in [-0.05, 0) is 31.5 Å². The molecule has 1 radical (unpaired) electrons. The van der Waals surface area contributed by atoms with Crippen LogP contribution in [0.2, 0.25) is 0 Å². The number of hydrogen-bond donors (Lipinski definition) is 0. The fraction of sp³-hybridized carbons (Fsp3) is 0.0769. The Morgan fingerprint density at radius 2 is 1.80 bits per heavy atom. The van der Waals surface area contributed by atoms with E-state index in [0.717, 1.165) is 11.4 Å². The number of benzene rings is 1. The summed E-state index contributed by atoms with van der Waals surface area (Å²) in [7, 11) is 0. The van der Waals surface area contributed by atoms with Crippen LogP contribution >= 0.6 is 0 Å². The van der Waals surface area contributed by atoms with Crippen LogP contribution in [0, 0.1) is 6.92 Å². The molecule has 0 N–H and O–H groups in total. The molecule has 1 heterocycles. The van der Waals surface area contributed by atoms with E-state index in [9.17, 15) is 0 Å². The second-order valence-corrected chi connectivity index (χ2v) is 3.13. The molecule has 2 nitrogen and oxygen atoms in total. The molecule has 2 rings (SSSR count). The van der Waals surface area contributed by atoms with Gasteiger partial charge in [-0.15, -0.1) is 0 Å². The van der Waals surface area contributed by atoms with Gasteiger partial charge in [0.25, 0.3) is 0 Å². The first kappa shape index (κ1) is 9.71. The second-order valence-electron chi connectivity index (χ2n) is 3.13. The third-order valence-corrected chi connectivity index (χ3v) is 2.00. The summed E-state index contributed by atoms with van der Waals surface area (Å²) in [6.07, 6.45) is 0.673. The molecule has 1 aromatic carbocycles. The van der Waals surface area contributed by atoms with Crippen molar-refractivity contribution in [1.82, 2.24) is 4.98 Å². The molecule has 0 aliphatic heterocycles. The highest BCUT2D eigenvalue weighted by molar-refractivity contribution is 5.27. The van der Waals surface area contributed by atoms with Crippen molar-refractivity contribution in [3.8, 4) is 11.6 Å². The summed E-state index contributed by atoms with van der Waals surface area (Å²) in [5.74, 6) is 1.41. The molecule has 0 aliphatic rings. The van der Waals surface area contributed by atoms with Crippen molar-refractivity contribution >= 4 is 0 Å². The fourth-order valence-electron chi connectivity index (χ4n) is 1.26. The summed E-state index contributed by atoms with van der Waals surface area (Å²) in [5, 5.41) is 0. The molecule has 0 unspecified atom stereocenters. The predicted octanol–water partition coefficient (Wildman–Crippen LogP) is 3.25. The lowest BCUT2D eigenvalue weighted by atomic mass is 10.3. The van der Waals surface area contributed by atoms with Crippen LogP contribution in [-0.4, -0.2) is 4.98 Å². The lowest BCUT2D eigenvalue weighted by Crippen LogP contribution is -1.91. The van der Waals surface area contributed by atoms with Crippen molar-refractivity contribution in [1.29, 1.82) is 0 Å². The van der Waals surface area contributed by atoms with Crippen molar-refractivity contribution < 1.29 is 4.74 Å². The van der Waals surface area contributed by atoms with Gasteiger partial charge in [0.05, 0.1) is 0 Å². The third-order valence-electron chi connectivity index (χ3n) is 2.00. The number of hydrogen-bond acceptors (Lipinski definition) is 2. The molecule has 2 aromatic rings. The van der Waals surface area contributed by atoms with Gasteiger partial charge in [-0.3, -0.25) is 0 Å². The van der Waals surface area contributed by atoms with E-state index in [1.807, 2.05) is 48.5 Å². The van der Waals surface area contributed by atoms with Crippen molar-refractivity contribution in [2.75, 3.05) is 0 Å². The van der Waals surface area contributed by atoms with E-state index in [2.05, 4.69) is 11.9 Å². The maximum absolute atomic E-state index is 5.58. The first-order valence-corrected chi connectivity index (χ1v) is 4.86. The van der Waals surface area contributed by atoms with Crippen LogP contribution in [-0.2, 0) is 6.42 Å². The molecule has 75 valence electrons. The van der Waals surface area contributed by atoms with Gasteiger partial charge >= 0.3 is 0 Å². The zero-order valence-corrected chi connectivity index (χ0v) is 8.39. The van der Waals surface area contributed by atoms with E-state index in [0.29, 0.717) is 12.3 Å². The molecular weight excluding hydrogens is 186 g/mol. The zero-order chi connectivity index (χ0) is 10.5. The molecule has 0 atom stereocenters. The quantitative estimate of drug-likeness (QED) is 0.755. The van der Waals surface area contributed by atoms with Gasteiger partial charge in [-0.25, -0.2) is 4.98 Å². The molecule has 0 aliphatic carbocycles. The summed E-state index contributed by atoms with van der Waals surface area (Å²) in [4.78, 5) is 4.30. The van der Waals surface area contributed by atoms with Gasteiger partial charge in [0.1, 0.15) is 5.75 Å². The van der Waals surface area contributed by atoms with Crippen LogP contribution in [0.4, 0.5) is 0 Å². The Kier molecular flexibility index (Phi) is 2.98. The van der Waals surface area contributed by atoms with Gasteiger partial charge in [0.2, 0.25) is 5.88 Å². The number of rotatable bonds is 3. The predicted molar refractivity (Wildman–Crippen MR) is 59.8 cm³/mol. The number of aromatic nitrogens is 1. The Balaban J connectivity index is 2.17. The van der Waals surface area contributed by atoms with Gasteiger partial charge < -0.3 is 4.74 Å². The zero-order valence-electron chi connectivity index (χ0n) is 8.39. The van der Waals surface area contributed by atoms with Crippen molar-refractivity contribution in [3.05, 3.63) is 61.1 Å². The van der Waals surface area contributed by atoms with E-state index < -0.39 is 0 Å². The van der Waals surface area contributed by atoms with Crippen molar-refractivity contribution in [2.45, 2.75) is 6.42 Å². The molecule has 0 fully saturated rings. The standard InChI is InChI=1S/C13H12NO/c1-2-11-7-6-10-13(14-11)15-12-8-4-3-5-9-12/h3-10H,1-2H2. The smallest absolute Gasteiger partial charge is 0.219 e. The molecule has 1 aromatic heterocycles. The minimum atomic E-state index is 0.613. The Hall–Kier alpha value is -1.83. The maximum Gasteiger partial charge on any atom is 0.219 e. The van der Waals surface area contributed by atoms with Crippen LogP contribution in [0.1, 0.15) is 5.69 Å². The molecule has 0 spiro atoms. The normalized spacial score (nSPS) is 9.93. The fourth-order valence-corrected chi connectivity index (χ4v) is 1.26. The molecule has 0 saturated heterocycles. The minimum absolute atomic E-state index is 0.613. The Morgan fingerprint density at radius 3 is 2.53 bits per heavy atom. The molecule has 0 saturated carbocycles. The largest absolute Gasteiger partial charge is 0.439 e. The van der Waals surface area contributed by atoms with Crippen LogP contribution in [0.15, 0.2) is 48.5 Å². The third kappa shape index (κ3) is 2.56. The van der Waals surface area contributed by atoms with E-state index in [-0.39, 0.29) is 0 Å². The minimum Gasteiger partial charge on any atom is -0.439 e. The summed E-state index contributed by atoms with van der Waals surface area (Å²) < 4.78 is 5.58. The second kappa shape index (κ2) is 4.60. The number of para-hydroxylation sites is 1. The number of pyridine rings is 1. The maximum atomic E-state index is 5.58. The summed E-state index contributed by atoms with van der Waals surface area (Å²) in [6, 6.07) is 15.3. The molecule has 0 amide bonds. The van der Waals surface area contributed by atoms with Crippen LogP contribution in [0.3, 0.4) is 0 Å². The first-order valence-electron chi connectivity index (χ1n) is 4.86. The summed E-state index contributed by atoms with van der Waals surface area (Å²) >= 11 is 0. The summed E-state index contributed by atoms with van der Waals surface area (Å²) in [5.41, 5.74) is 0.934. The number of nitrogens with zero attached hydrogens (tertiary/aromatic N) is 1. The van der Waals surface area contributed by atoms with E-state index in [1.165, 1.54) is 0 Å². The molecule has 0 bridgehead atoms. The monoisotopic (exact) mass is 198 g/mol. The van der Waals surface area contributed by atoms with Gasteiger partial charge in [0, 0.05) is 11.8 Å². The van der Waals surface area contributed by atoms with Gasteiger partial charge in [-0.1, -0.05) is 24.3 Å². The lowest BCUT2D eigenvalue weighted by Gasteiger charge is -2.05. The van der Waals surface area contributed by atoms with Crippen molar-refractivity contribution in [3.63, 3.8) is 0 Å². The molecular formula is C13H12NO. The lowest BCUT2D eigenvalue weighted by molar-refractivity contribution is 0.461. The van der Waals surface area contributed by atoms with E-state index in [1.54, 1.807) is 0 Å². The van der Waals surface area contributed by atoms with Crippen LogP contribution in [0.25, 0.3) is 0 Å². The first-order chi connectivity index (χ1) is 7.38. The Bertz CT molecular complexity index is 426. The number of ether oxygens (including phenoxy) is 1. The highest BCUT2D eigenvalue weighted by atomic mass is 16.5. The Morgan fingerprint density at radius 1 is 1.00 bits per heavy atom. The summed E-state index contributed by atoms with van der Waals surface area (Å²) in [6.45, 7) is 3.79. The van der Waals surface area contributed by atoms with E-state index in [4.69, 9.17) is 4.74 Å². The van der Waals surface area contributed by atoms with Crippen molar-refractivity contribution in [2.24, 2.45) is 0 Å².